The van der Waals surface area contributed by atoms with Crippen LogP contribution < -0.4 is 10.9 Å². The Morgan fingerprint density at radius 2 is 1.68 bits per heavy atom. The Balaban J connectivity index is 1.06. The fourth-order valence-corrected chi connectivity index (χ4v) is 6.28. The normalized spacial score (nSPS) is 17.9. The van der Waals surface area contributed by atoms with E-state index < -0.39 is 0 Å². The van der Waals surface area contributed by atoms with E-state index in [1.807, 2.05) is 70.1 Å². The maximum absolute atomic E-state index is 13.5. The molecule has 1 N–H and O–H groups in total. The summed E-state index contributed by atoms with van der Waals surface area (Å²) in [4.78, 5) is 33.3. The third-order valence-electron chi connectivity index (χ3n) is 8.29. The average Bonchev–Trinajstić information content (AvgIpc) is 3.01. The number of rotatable bonds is 5. The molecule has 2 atom stereocenters. The maximum atomic E-state index is 13.5. The van der Waals surface area contributed by atoms with Gasteiger partial charge in [-0.15, -0.1) is 0 Å². The van der Waals surface area contributed by atoms with Crippen LogP contribution in [-0.4, -0.2) is 33.4 Å². The van der Waals surface area contributed by atoms with Crippen LogP contribution in [0.2, 0.25) is 0 Å². The highest BCUT2D eigenvalue weighted by Gasteiger charge is 2.37. The van der Waals surface area contributed by atoms with Gasteiger partial charge >= 0.3 is 0 Å². The third-order valence-corrected chi connectivity index (χ3v) is 8.29. The van der Waals surface area contributed by atoms with Gasteiger partial charge < -0.3 is 14.8 Å². The third kappa shape index (κ3) is 4.56. The van der Waals surface area contributed by atoms with E-state index in [1.165, 1.54) is 0 Å². The lowest BCUT2D eigenvalue weighted by atomic mass is 9.83. The van der Waals surface area contributed by atoms with Gasteiger partial charge in [0.15, 0.2) is 0 Å². The second-order valence-corrected chi connectivity index (χ2v) is 10.9. The van der Waals surface area contributed by atoms with Crippen molar-refractivity contribution in [2.75, 3.05) is 18.4 Å². The number of nitrogens with one attached hydrogen (secondary N) is 1. The molecule has 0 radical (unpaired) electrons. The molecule has 1 fully saturated rings. The van der Waals surface area contributed by atoms with Crippen molar-refractivity contribution in [2.24, 2.45) is 5.92 Å². The second kappa shape index (κ2) is 10.1. The minimum atomic E-state index is 0.0200. The van der Waals surface area contributed by atoms with Gasteiger partial charge in [0, 0.05) is 55.1 Å². The van der Waals surface area contributed by atoms with Gasteiger partial charge in [-0.25, -0.2) is 0 Å². The number of nitrogens with zero attached hydrogens (tertiary/aromatic N) is 3. The molecule has 3 aromatic carbocycles. The number of carbonyl (C=O) groups is 1. The Hall–Kier alpha value is -4.71. The van der Waals surface area contributed by atoms with Crippen LogP contribution in [0.5, 0.6) is 0 Å². The molecule has 6 heteroatoms. The summed E-state index contributed by atoms with van der Waals surface area (Å²) >= 11 is 0. The standard InChI is InChI=1S/C34H30N4O2/c39-33(28-13-12-25-5-1-2-6-27(25)18-28)37-20-24-17-29(22-37)32-15-14-31(34(40)38(32)21-24)36-19-23-8-10-26(11-9-23)30-7-3-4-16-35-30/h1-16,18,24,29,36H,17,19-22H2/t24-,29+/m0/s1. The first-order valence-electron chi connectivity index (χ1n) is 13.9. The summed E-state index contributed by atoms with van der Waals surface area (Å²) in [5.41, 5.74) is 5.50. The van der Waals surface area contributed by atoms with Crippen molar-refractivity contribution in [3.8, 4) is 11.3 Å². The van der Waals surface area contributed by atoms with Crippen LogP contribution in [0.3, 0.4) is 0 Å². The lowest BCUT2D eigenvalue weighted by Gasteiger charge is -2.43. The predicted molar refractivity (Wildman–Crippen MR) is 158 cm³/mol. The molecule has 0 spiro atoms. The molecule has 40 heavy (non-hydrogen) atoms. The number of piperidine rings is 1. The minimum Gasteiger partial charge on any atom is -0.377 e. The number of anilines is 1. The van der Waals surface area contributed by atoms with Gasteiger partial charge in [-0.05, 0) is 65.1 Å². The van der Waals surface area contributed by atoms with E-state index in [2.05, 4.69) is 46.7 Å². The molecule has 6 nitrogen and oxygen atoms in total. The SMILES string of the molecule is O=C(c1ccc2ccccc2c1)N1C[C@@H]2C[C@H](C1)c1ccc(NCc3ccc(-c4ccccn4)cc3)c(=O)n1C2. The second-order valence-electron chi connectivity index (χ2n) is 10.9. The van der Waals surface area contributed by atoms with E-state index >= 15 is 0 Å². The van der Waals surface area contributed by atoms with E-state index in [4.69, 9.17) is 0 Å². The van der Waals surface area contributed by atoms with Crippen LogP contribution >= 0.6 is 0 Å². The lowest BCUT2D eigenvalue weighted by molar-refractivity contribution is 0.0595. The average molecular weight is 527 g/mol. The van der Waals surface area contributed by atoms with Crippen LogP contribution in [0.15, 0.2) is 108 Å². The summed E-state index contributed by atoms with van der Waals surface area (Å²) in [5, 5.41) is 5.56. The zero-order chi connectivity index (χ0) is 27.1. The van der Waals surface area contributed by atoms with Crippen molar-refractivity contribution < 1.29 is 4.79 Å². The Morgan fingerprint density at radius 3 is 2.50 bits per heavy atom. The lowest BCUT2D eigenvalue weighted by Crippen LogP contribution is -2.49. The number of hydrogen-bond acceptors (Lipinski definition) is 4. The first-order valence-corrected chi connectivity index (χ1v) is 13.9. The topological polar surface area (TPSA) is 67.2 Å². The van der Waals surface area contributed by atoms with Crippen LogP contribution in [0.1, 0.15) is 34.0 Å². The number of amides is 1. The Morgan fingerprint density at radius 1 is 0.850 bits per heavy atom. The zero-order valence-corrected chi connectivity index (χ0v) is 22.2. The fraction of sp³-hybridized carbons (Fsp3) is 0.206. The molecule has 2 aromatic heterocycles. The molecule has 198 valence electrons. The van der Waals surface area contributed by atoms with Crippen molar-refractivity contribution in [3.05, 3.63) is 130 Å². The number of pyridine rings is 2. The largest absolute Gasteiger partial charge is 0.377 e. The Kier molecular flexibility index (Phi) is 6.16. The first kappa shape index (κ1) is 24.3. The fourth-order valence-electron chi connectivity index (χ4n) is 6.28. The molecule has 0 unspecified atom stereocenters. The summed E-state index contributed by atoms with van der Waals surface area (Å²) in [6.45, 7) is 2.52. The quantitative estimate of drug-likeness (QED) is 0.308. The minimum absolute atomic E-state index is 0.0200. The molecule has 1 saturated heterocycles. The molecule has 2 bridgehead atoms. The van der Waals surface area contributed by atoms with E-state index in [0.717, 1.165) is 45.3 Å². The molecule has 0 aliphatic carbocycles. The maximum Gasteiger partial charge on any atom is 0.274 e. The Bertz CT molecular complexity index is 1760. The van der Waals surface area contributed by atoms with Crippen molar-refractivity contribution in [1.29, 1.82) is 0 Å². The smallest absolute Gasteiger partial charge is 0.274 e. The van der Waals surface area contributed by atoms with Crippen LogP contribution in [-0.2, 0) is 13.1 Å². The van der Waals surface area contributed by atoms with Crippen molar-refractivity contribution in [3.63, 3.8) is 0 Å². The molecular weight excluding hydrogens is 496 g/mol. The van der Waals surface area contributed by atoms with Crippen LogP contribution in [0, 0.1) is 5.92 Å². The summed E-state index contributed by atoms with van der Waals surface area (Å²) in [6.07, 6.45) is 2.80. The number of aromatic nitrogens is 2. The summed E-state index contributed by atoms with van der Waals surface area (Å²) in [7, 11) is 0. The van der Waals surface area contributed by atoms with E-state index in [0.29, 0.717) is 31.9 Å². The van der Waals surface area contributed by atoms with Crippen molar-refractivity contribution in [1.82, 2.24) is 14.5 Å². The van der Waals surface area contributed by atoms with Crippen molar-refractivity contribution >= 4 is 22.4 Å². The Labute approximate surface area is 232 Å². The van der Waals surface area contributed by atoms with Gasteiger partial charge in [-0.1, -0.05) is 60.7 Å². The molecule has 7 rings (SSSR count). The molecule has 0 saturated carbocycles. The van der Waals surface area contributed by atoms with Gasteiger partial charge in [-0.2, -0.15) is 0 Å². The van der Waals surface area contributed by atoms with E-state index in [-0.39, 0.29) is 23.3 Å². The van der Waals surface area contributed by atoms with Gasteiger partial charge in [0.25, 0.3) is 11.5 Å². The monoisotopic (exact) mass is 526 g/mol. The summed E-state index contributed by atoms with van der Waals surface area (Å²) in [5.74, 6) is 0.504. The van der Waals surface area contributed by atoms with Crippen LogP contribution in [0.25, 0.3) is 22.0 Å². The molecule has 5 aromatic rings. The predicted octanol–water partition coefficient (Wildman–Crippen LogP) is 5.94. The van der Waals surface area contributed by atoms with E-state index in [9.17, 15) is 9.59 Å². The van der Waals surface area contributed by atoms with Crippen molar-refractivity contribution in [2.45, 2.75) is 25.4 Å². The highest BCUT2D eigenvalue weighted by molar-refractivity contribution is 5.98. The van der Waals surface area contributed by atoms with Crippen LogP contribution in [0.4, 0.5) is 5.69 Å². The highest BCUT2D eigenvalue weighted by Crippen LogP contribution is 2.36. The number of carbonyl (C=O) groups excluding carboxylic acids is 1. The molecule has 4 heterocycles. The van der Waals surface area contributed by atoms with Gasteiger partial charge in [0.1, 0.15) is 5.69 Å². The zero-order valence-electron chi connectivity index (χ0n) is 22.2. The van der Waals surface area contributed by atoms with Gasteiger partial charge in [-0.3, -0.25) is 14.6 Å². The van der Waals surface area contributed by atoms with Gasteiger partial charge in [0.2, 0.25) is 0 Å². The summed E-state index contributed by atoms with van der Waals surface area (Å²) < 4.78 is 1.93. The van der Waals surface area contributed by atoms with Gasteiger partial charge in [0.05, 0.1) is 5.69 Å². The molecular formula is C34H30N4O2. The highest BCUT2D eigenvalue weighted by atomic mass is 16.2. The molecule has 2 aliphatic rings. The summed E-state index contributed by atoms with van der Waals surface area (Å²) in [6, 6.07) is 32.2. The first-order chi connectivity index (χ1) is 19.6. The molecule has 2 aliphatic heterocycles. The number of fused-ring (bicyclic) bond motifs is 5. The molecule has 1 amide bonds. The van der Waals surface area contributed by atoms with E-state index in [1.54, 1.807) is 6.20 Å². The number of benzene rings is 3. The number of hydrogen-bond donors (Lipinski definition) is 1. The number of likely N-dealkylation sites (tertiary alicyclic amines) is 1.